The van der Waals surface area contributed by atoms with Crippen LogP contribution in [0, 0.1) is 11.7 Å². The molecule has 1 saturated carbocycles. The van der Waals surface area contributed by atoms with E-state index in [1.807, 2.05) is 0 Å². The van der Waals surface area contributed by atoms with E-state index in [1.54, 1.807) is 18.3 Å². The fourth-order valence-corrected chi connectivity index (χ4v) is 4.32. The number of nitrogens with one attached hydrogen (secondary N) is 1. The Balaban J connectivity index is 1.59. The van der Waals surface area contributed by atoms with Crippen molar-refractivity contribution in [3.8, 4) is 11.1 Å². The number of hydrogen-bond acceptors (Lipinski definition) is 2. The molecular weight excluding hydrogens is 317 g/mol. The number of aromatic nitrogens is 2. The van der Waals surface area contributed by atoms with E-state index in [4.69, 9.17) is 0 Å². The third-order valence-electron chi connectivity index (χ3n) is 5.65. The van der Waals surface area contributed by atoms with E-state index in [0.29, 0.717) is 5.91 Å². The largest absolute Gasteiger partial charge is 0.334 e. The Morgan fingerprint density at radius 2 is 1.84 bits per heavy atom. The van der Waals surface area contributed by atoms with Crippen molar-refractivity contribution in [2.24, 2.45) is 5.92 Å². The summed E-state index contributed by atoms with van der Waals surface area (Å²) in [6, 6.07) is 6.52. The maximum atomic E-state index is 13.2. The van der Waals surface area contributed by atoms with Crippen LogP contribution in [-0.2, 0) is 4.79 Å². The van der Waals surface area contributed by atoms with Crippen LogP contribution in [0.1, 0.15) is 56.7 Å². The van der Waals surface area contributed by atoms with Gasteiger partial charge in [0.1, 0.15) is 5.82 Å². The average Bonchev–Trinajstić information content (AvgIpc) is 3.31. The zero-order chi connectivity index (χ0) is 17.2. The highest BCUT2D eigenvalue weighted by molar-refractivity contribution is 5.80. The van der Waals surface area contributed by atoms with Crippen LogP contribution in [0.2, 0.25) is 0 Å². The number of hydrogen-bond donors (Lipinski definition) is 1. The van der Waals surface area contributed by atoms with Gasteiger partial charge in [0.25, 0.3) is 0 Å². The van der Waals surface area contributed by atoms with Crippen molar-refractivity contribution >= 4 is 5.91 Å². The summed E-state index contributed by atoms with van der Waals surface area (Å²) in [5.74, 6) is 0.247. The van der Waals surface area contributed by atoms with Crippen LogP contribution < -0.4 is 0 Å². The van der Waals surface area contributed by atoms with Gasteiger partial charge in [0.15, 0.2) is 0 Å². The van der Waals surface area contributed by atoms with Gasteiger partial charge in [0.2, 0.25) is 5.91 Å². The van der Waals surface area contributed by atoms with Crippen molar-refractivity contribution in [2.45, 2.75) is 51.0 Å². The van der Waals surface area contributed by atoms with E-state index in [-0.39, 0.29) is 17.8 Å². The van der Waals surface area contributed by atoms with E-state index in [9.17, 15) is 9.18 Å². The fraction of sp³-hybridized carbons (Fsp3) is 0.500. The molecule has 2 aliphatic rings. The van der Waals surface area contributed by atoms with Crippen molar-refractivity contribution in [3.05, 3.63) is 42.0 Å². The van der Waals surface area contributed by atoms with Crippen molar-refractivity contribution < 1.29 is 9.18 Å². The molecule has 1 aliphatic carbocycles. The van der Waals surface area contributed by atoms with Gasteiger partial charge in [-0.2, -0.15) is 5.10 Å². The van der Waals surface area contributed by atoms with Gasteiger partial charge in [-0.3, -0.25) is 9.89 Å². The predicted octanol–water partition coefficient (Wildman–Crippen LogP) is 4.46. The summed E-state index contributed by atoms with van der Waals surface area (Å²) in [5, 5.41) is 7.33. The Morgan fingerprint density at radius 1 is 1.08 bits per heavy atom. The van der Waals surface area contributed by atoms with E-state index in [0.717, 1.165) is 49.0 Å². The minimum absolute atomic E-state index is 0.0528. The number of carbonyl (C=O) groups is 1. The third kappa shape index (κ3) is 3.20. The van der Waals surface area contributed by atoms with Crippen LogP contribution in [0.5, 0.6) is 0 Å². The number of likely N-dealkylation sites (tertiary alicyclic amines) is 1. The molecular formula is C20H24FN3O. The molecule has 0 spiro atoms. The molecule has 2 aromatic rings. The molecule has 1 N–H and O–H groups in total. The lowest BCUT2D eigenvalue weighted by Crippen LogP contribution is -2.36. The smallest absolute Gasteiger partial charge is 0.226 e. The highest BCUT2D eigenvalue weighted by Crippen LogP contribution is 2.38. The molecule has 1 amide bonds. The molecule has 0 bridgehead atoms. The van der Waals surface area contributed by atoms with Gasteiger partial charge in [-0.25, -0.2) is 4.39 Å². The Morgan fingerprint density at radius 3 is 2.60 bits per heavy atom. The number of rotatable bonds is 3. The summed E-state index contributed by atoms with van der Waals surface area (Å²) in [6.07, 6.45) is 9.39. The first-order valence-corrected chi connectivity index (χ1v) is 9.34. The highest BCUT2D eigenvalue weighted by atomic mass is 19.1. The van der Waals surface area contributed by atoms with Crippen molar-refractivity contribution in [3.63, 3.8) is 0 Å². The second kappa shape index (κ2) is 6.98. The van der Waals surface area contributed by atoms with Gasteiger partial charge in [-0.1, -0.05) is 31.4 Å². The number of carbonyl (C=O) groups excluding carboxylic acids is 1. The van der Waals surface area contributed by atoms with Crippen LogP contribution in [0.4, 0.5) is 4.39 Å². The lowest BCUT2D eigenvalue weighted by Gasteiger charge is -2.30. The SMILES string of the molecule is O=C(C1CCCCC1)N1CCC[C@@H]1c1[nH]ncc1-c1ccc(F)cc1. The maximum Gasteiger partial charge on any atom is 0.226 e. The molecule has 1 aromatic heterocycles. The Kier molecular flexibility index (Phi) is 4.55. The lowest BCUT2D eigenvalue weighted by atomic mass is 9.88. The van der Waals surface area contributed by atoms with Gasteiger partial charge in [-0.15, -0.1) is 0 Å². The number of H-pyrrole nitrogens is 1. The Labute approximate surface area is 147 Å². The molecule has 1 aromatic carbocycles. The van der Waals surface area contributed by atoms with Crippen LogP contribution in [-0.4, -0.2) is 27.5 Å². The lowest BCUT2D eigenvalue weighted by molar-refractivity contribution is -0.137. The molecule has 4 nitrogen and oxygen atoms in total. The van der Waals surface area contributed by atoms with Gasteiger partial charge in [-0.05, 0) is 43.4 Å². The van der Waals surface area contributed by atoms with Crippen molar-refractivity contribution in [1.29, 1.82) is 0 Å². The first-order valence-electron chi connectivity index (χ1n) is 9.34. The minimum Gasteiger partial charge on any atom is -0.334 e. The van der Waals surface area contributed by atoms with Gasteiger partial charge in [0.05, 0.1) is 17.9 Å². The number of halogens is 1. The quantitative estimate of drug-likeness (QED) is 0.896. The van der Waals surface area contributed by atoms with Gasteiger partial charge < -0.3 is 4.90 Å². The standard InChI is InChI=1S/C20H24FN3O/c21-16-10-8-14(9-11-16)17-13-22-23-19(17)18-7-4-12-24(18)20(25)15-5-2-1-3-6-15/h8-11,13,15,18H,1-7,12H2,(H,22,23)/t18-/m1/s1. The van der Waals surface area contributed by atoms with Crippen molar-refractivity contribution in [2.75, 3.05) is 6.54 Å². The summed E-state index contributed by atoms with van der Waals surface area (Å²) in [5.41, 5.74) is 2.88. The molecule has 1 saturated heterocycles. The number of nitrogens with zero attached hydrogens (tertiary/aromatic N) is 2. The van der Waals surface area contributed by atoms with E-state index >= 15 is 0 Å². The highest BCUT2D eigenvalue weighted by Gasteiger charge is 2.36. The monoisotopic (exact) mass is 341 g/mol. The van der Waals surface area contributed by atoms with E-state index in [2.05, 4.69) is 15.1 Å². The summed E-state index contributed by atoms with van der Waals surface area (Å²) < 4.78 is 13.2. The molecule has 4 rings (SSSR count). The summed E-state index contributed by atoms with van der Waals surface area (Å²) in [6.45, 7) is 0.821. The fourth-order valence-electron chi connectivity index (χ4n) is 4.32. The normalized spacial score (nSPS) is 21.6. The minimum atomic E-state index is -0.247. The number of benzene rings is 1. The average molecular weight is 341 g/mol. The van der Waals surface area contributed by atoms with Crippen LogP contribution in [0.25, 0.3) is 11.1 Å². The molecule has 2 heterocycles. The summed E-state index contributed by atoms with van der Waals surface area (Å²) in [7, 11) is 0. The second-order valence-corrected chi connectivity index (χ2v) is 7.23. The molecule has 2 fully saturated rings. The predicted molar refractivity (Wildman–Crippen MR) is 94.2 cm³/mol. The molecule has 0 radical (unpaired) electrons. The summed E-state index contributed by atoms with van der Waals surface area (Å²) in [4.78, 5) is 15.1. The Bertz CT molecular complexity index is 734. The molecule has 132 valence electrons. The topological polar surface area (TPSA) is 49.0 Å². The zero-order valence-electron chi connectivity index (χ0n) is 14.4. The first kappa shape index (κ1) is 16.3. The Hall–Kier alpha value is -2.17. The van der Waals surface area contributed by atoms with Crippen molar-refractivity contribution in [1.82, 2.24) is 15.1 Å². The van der Waals surface area contributed by atoms with Crippen LogP contribution in [0.15, 0.2) is 30.5 Å². The molecule has 25 heavy (non-hydrogen) atoms. The number of amides is 1. The zero-order valence-corrected chi connectivity index (χ0v) is 14.4. The molecule has 1 aliphatic heterocycles. The number of aromatic amines is 1. The van der Waals surface area contributed by atoms with Crippen LogP contribution >= 0.6 is 0 Å². The maximum absolute atomic E-state index is 13.2. The molecule has 0 unspecified atom stereocenters. The second-order valence-electron chi connectivity index (χ2n) is 7.23. The van der Waals surface area contributed by atoms with Gasteiger partial charge in [0, 0.05) is 18.0 Å². The van der Waals surface area contributed by atoms with E-state index in [1.165, 1.54) is 31.4 Å². The summed E-state index contributed by atoms with van der Waals surface area (Å²) >= 11 is 0. The van der Waals surface area contributed by atoms with E-state index < -0.39 is 0 Å². The van der Waals surface area contributed by atoms with Crippen LogP contribution in [0.3, 0.4) is 0 Å². The van der Waals surface area contributed by atoms with Gasteiger partial charge >= 0.3 is 0 Å². The molecule has 5 heteroatoms. The third-order valence-corrected chi connectivity index (χ3v) is 5.65. The molecule has 1 atom stereocenters. The first-order chi connectivity index (χ1) is 12.2.